The van der Waals surface area contributed by atoms with Crippen molar-refractivity contribution in [2.24, 2.45) is 0 Å². The van der Waals surface area contributed by atoms with Crippen LogP contribution in [0.3, 0.4) is 0 Å². The van der Waals surface area contributed by atoms with E-state index in [-0.39, 0.29) is 18.1 Å². The summed E-state index contributed by atoms with van der Waals surface area (Å²) in [6.07, 6.45) is 1.56. The van der Waals surface area contributed by atoms with Crippen molar-refractivity contribution in [1.82, 2.24) is 5.32 Å². The minimum absolute atomic E-state index is 0.0901. The molecule has 0 saturated heterocycles. The number of imide groups is 1. The topological polar surface area (TPSA) is 64.6 Å². The van der Waals surface area contributed by atoms with Crippen molar-refractivity contribution >= 4 is 23.5 Å². The first-order valence-corrected chi connectivity index (χ1v) is 7.88. The molecule has 2 amide bonds. The van der Waals surface area contributed by atoms with Crippen LogP contribution < -0.4 is 14.8 Å². The molecule has 2 aromatic carbocycles. The number of nitrogens with one attached hydrogen (secondary N) is 1. The molecule has 3 rings (SSSR count). The van der Waals surface area contributed by atoms with Crippen LogP contribution in [0, 0.1) is 0 Å². The average molecular weight is 359 g/mol. The van der Waals surface area contributed by atoms with Crippen LogP contribution >= 0.6 is 0 Å². The first kappa shape index (κ1) is 17.6. The van der Waals surface area contributed by atoms with E-state index in [1.54, 1.807) is 37.3 Å². The van der Waals surface area contributed by atoms with Gasteiger partial charge in [0.1, 0.15) is 0 Å². The molecule has 1 heterocycles. The molecule has 0 spiro atoms. The molecule has 7 heteroatoms. The first-order chi connectivity index (χ1) is 12.5. The molecule has 2 aromatic rings. The van der Waals surface area contributed by atoms with E-state index >= 15 is 0 Å². The van der Waals surface area contributed by atoms with Crippen molar-refractivity contribution in [2.45, 2.75) is 13.5 Å². The fourth-order valence-corrected chi connectivity index (χ4v) is 2.66. The highest BCUT2D eigenvalue weighted by molar-refractivity contribution is 6.33. The van der Waals surface area contributed by atoms with Gasteiger partial charge >= 0.3 is 6.61 Å². The smallest absolute Gasteiger partial charge is 0.387 e. The minimum Gasteiger partial charge on any atom is -0.490 e. The second-order valence-corrected chi connectivity index (χ2v) is 5.40. The van der Waals surface area contributed by atoms with Gasteiger partial charge in [-0.1, -0.05) is 24.3 Å². The van der Waals surface area contributed by atoms with E-state index < -0.39 is 18.4 Å². The minimum atomic E-state index is -2.97. The van der Waals surface area contributed by atoms with Crippen LogP contribution in [-0.2, 0) is 4.79 Å². The number of alkyl halides is 2. The number of hydrogen-bond acceptors (Lipinski definition) is 4. The lowest BCUT2D eigenvalue weighted by Gasteiger charge is -2.18. The van der Waals surface area contributed by atoms with Crippen LogP contribution in [0.15, 0.2) is 42.5 Å². The monoisotopic (exact) mass is 359 g/mol. The number of benzene rings is 2. The molecule has 1 aliphatic rings. The summed E-state index contributed by atoms with van der Waals surface area (Å²) in [5.74, 6) is -0.937. The van der Waals surface area contributed by atoms with Gasteiger partial charge in [0, 0.05) is 11.1 Å². The van der Waals surface area contributed by atoms with Gasteiger partial charge in [0.25, 0.3) is 11.8 Å². The van der Waals surface area contributed by atoms with Crippen molar-refractivity contribution in [3.05, 3.63) is 59.2 Å². The van der Waals surface area contributed by atoms with Crippen molar-refractivity contribution in [3.8, 4) is 11.5 Å². The summed E-state index contributed by atoms with van der Waals surface area (Å²) < 4.78 is 34.8. The third-order valence-electron chi connectivity index (χ3n) is 3.73. The molecule has 0 bridgehead atoms. The second-order valence-electron chi connectivity index (χ2n) is 5.40. The molecule has 0 aliphatic carbocycles. The van der Waals surface area contributed by atoms with Crippen LogP contribution in [0.1, 0.15) is 28.4 Å². The summed E-state index contributed by atoms with van der Waals surface area (Å²) in [5.41, 5.74) is 1.74. The maximum atomic E-state index is 12.5. The van der Waals surface area contributed by atoms with Gasteiger partial charge in [0.15, 0.2) is 11.5 Å². The number of halogens is 2. The van der Waals surface area contributed by atoms with Crippen LogP contribution in [0.4, 0.5) is 8.78 Å². The Morgan fingerprint density at radius 1 is 1.04 bits per heavy atom. The second kappa shape index (κ2) is 7.35. The van der Waals surface area contributed by atoms with E-state index in [2.05, 4.69) is 10.1 Å². The number of carbonyl (C=O) groups excluding carboxylic acids is 2. The van der Waals surface area contributed by atoms with Crippen molar-refractivity contribution in [1.29, 1.82) is 0 Å². The molecule has 0 unspecified atom stereocenters. The molecule has 0 fully saturated rings. The lowest BCUT2D eigenvalue weighted by atomic mass is 9.93. The Hall–Kier alpha value is -3.22. The molecule has 0 saturated carbocycles. The predicted octanol–water partition coefficient (Wildman–Crippen LogP) is 3.50. The number of ether oxygens (including phenoxy) is 2. The fraction of sp³-hybridized carbons (Fsp3) is 0.158. The van der Waals surface area contributed by atoms with E-state index in [4.69, 9.17) is 4.74 Å². The SMILES string of the molecule is CCOc1cc(C=C2C(=O)NC(=O)c3ccccc32)ccc1OC(F)F. The summed E-state index contributed by atoms with van der Waals surface area (Å²) in [7, 11) is 0. The molecule has 0 atom stereocenters. The van der Waals surface area contributed by atoms with E-state index in [9.17, 15) is 18.4 Å². The van der Waals surface area contributed by atoms with Gasteiger partial charge in [0.05, 0.1) is 6.61 Å². The molecule has 0 aromatic heterocycles. The molecule has 134 valence electrons. The number of amides is 2. The summed E-state index contributed by atoms with van der Waals surface area (Å²) in [6.45, 7) is -0.994. The van der Waals surface area contributed by atoms with E-state index in [1.165, 1.54) is 18.2 Å². The average Bonchev–Trinajstić information content (AvgIpc) is 2.60. The van der Waals surface area contributed by atoms with Gasteiger partial charge in [-0.25, -0.2) is 0 Å². The number of rotatable bonds is 5. The van der Waals surface area contributed by atoms with E-state index in [0.717, 1.165) is 0 Å². The molecule has 1 aliphatic heterocycles. The number of hydrogen-bond donors (Lipinski definition) is 1. The summed E-state index contributed by atoms with van der Waals surface area (Å²) in [4.78, 5) is 24.2. The molecule has 26 heavy (non-hydrogen) atoms. The van der Waals surface area contributed by atoms with Crippen LogP contribution in [0.2, 0.25) is 0 Å². The van der Waals surface area contributed by atoms with Gasteiger partial charge in [-0.15, -0.1) is 0 Å². The Bertz CT molecular complexity index is 893. The lowest BCUT2D eigenvalue weighted by molar-refractivity contribution is -0.114. The normalized spacial score (nSPS) is 15.0. The van der Waals surface area contributed by atoms with Crippen LogP contribution in [0.25, 0.3) is 11.6 Å². The molecular weight excluding hydrogens is 344 g/mol. The highest BCUT2D eigenvalue weighted by Crippen LogP contribution is 2.32. The van der Waals surface area contributed by atoms with Crippen LogP contribution in [-0.4, -0.2) is 25.0 Å². The molecule has 5 nitrogen and oxygen atoms in total. The van der Waals surface area contributed by atoms with Crippen molar-refractivity contribution in [2.75, 3.05) is 6.61 Å². The third-order valence-corrected chi connectivity index (χ3v) is 3.73. The zero-order valence-electron chi connectivity index (χ0n) is 13.8. The van der Waals surface area contributed by atoms with Gasteiger partial charge in [-0.3, -0.25) is 14.9 Å². The largest absolute Gasteiger partial charge is 0.490 e. The fourth-order valence-electron chi connectivity index (χ4n) is 2.66. The predicted molar refractivity (Wildman–Crippen MR) is 91.0 cm³/mol. The van der Waals surface area contributed by atoms with Crippen LogP contribution in [0.5, 0.6) is 11.5 Å². The quantitative estimate of drug-likeness (QED) is 0.656. The van der Waals surface area contributed by atoms with E-state index in [0.29, 0.717) is 22.3 Å². The standard InChI is InChI=1S/C19H15F2NO4/c1-2-25-16-10-11(7-8-15(16)26-19(20)21)9-14-12-5-3-4-6-13(12)17(23)22-18(14)24/h3-10,19H,2H2,1H3,(H,22,23,24). The van der Waals surface area contributed by atoms with Crippen molar-refractivity contribution in [3.63, 3.8) is 0 Å². The first-order valence-electron chi connectivity index (χ1n) is 7.88. The van der Waals surface area contributed by atoms with Gasteiger partial charge in [-0.05, 0) is 42.3 Å². The lowest BCUT2D eigenvalue weighted by Crippen LogP contribution is -2.36. The van der Waals surface area contributed by atoms with Gasteiger partial charge < -0.3 is 9.47 Å². The third kappa shape index (κ3) is 3.56. The highest BCUT2D eigenvalue weighted by Gasteiger charge is 2.26. The maximum Gasteiger partial charge on any atom is 0.387 e. The summed E-state index contributed by atoms with van der Waals surface area (Å²) in [5, 5.41) is 2.28. The Labute approximate surface area is 148 Å². The van der Waals surface area contributed by atoms with Gasteiger partial charge in [-0.2, -0.15) is 8.78 Å². The number of fused-ring (bicyclic) bond motifs is 1. The Balaban J connectivity index is 2.04. The Morgan fingerprint density at radius 2 is 1.77 bits per heavy atom. The maximum absolute atomic E-state index is 12.5. The van der Waals surface area contributed by atoms with Crippen molar-refractivity contribution < 1.29 is 27.8 Å². The highest BCUT2D eigenvalue weighted by atomic mass is 19.3. The molecular formula is C19H15F2NO4. The summed E-state index contributed by atoms with van der Waals surface area (Å²) >= 11 is 0. The Morgan fingerprint density at radius 3 is 2.46 bits per heavy atom. The summed E-state index contributed by atoms with van der Waals surface area (Å²) in [6, 6.07) is 11.1. The van der Waals surface area contributed by atoms with Gasteiger partial charge in [0.2, 0.25) is 0 Å². The zero-order chi connectivity index (χ0) is 18.7. The zero-order valence-corrected chi connectivity index (χ0v) is 13.8. The Kier molecular flexibility index (Phi) is 4.97. The molecule has 0 radical (unpaired) electrons. The van der Waals surface area contributed by atoms with E-state index in [1.807, 2.05) is 0 Å². The number of carbonyl (C=O) groups is 2. The molecule has 1 N–H and O–H groups in total.